The molecular weight excluding hydrogens is 206 g/mol. The lowest BCUT2D eigenvalue weighted by Crippen LogP contribution is -1.87. The van der Waals surface area contributed by atoms with Gasteiger partial charge in [0.05, 0.1) is 13.2 Å². The van der Waals surface area contributed by atoms with Gasteiger partial charge in [-0.3, -0.25) is 0 Å². The van der Waals surface area contributed by atoms with E-state index >= 15 is 0 Å². The highest BCUT2D eigenvalue weighted by molar-refractivity contribution is 7.40. The number of hydrogen-bond donors (Lipinski definition) is 3. The van der Waals surface area contributed by atoms with E-state index < -0.39 is 16.9 Å². The van der Waals surface area contributed by atoms with Crippen LogP contribution in [-0.2, 0) is 13.6 Å². The van der Waals surface area contributed by atoms with Crippen molar-refractivity contribution in [2.75, 3.05) is 13.2 Å². The Labute approximate surface area is 73.1 Å². The van der Waals surface area contributed by atoms with Crippen LogP contribution in [0.1, 0.15) is 13.8 Å². The molecule has 0 unspecified atom stereocenters. The molecule has 0 bridgehead atoms. The molecule has 0 rings (SSSR count). The molecule has 0 aromatic heterocycles. The summed E-state index contributed by atoms with van der Waals surface area (Å²) in [6.45, 7) is 4.62. The van der Waals surface area contributed by atoms with Crippen LogP contribution in [0.3, 0.4) is 0 Å². The van der Waals surface area contributed by atoms with Crippen LogP contribution in [0.15, 0.2) is 0 Å². The van der Waals surface area contributed by atoms with Crippen molar-refractivity contribution in [1.82, 2.24) is 0 Å². The lowest BCUT2D eigenvalue weighted by Gasteiger charge is -2.05. The maximum Gasteiger partial charge on any atom is 0.692 e. The van der Waals surface area contributed by atoms with Crippen LogP contribution in [0, 0.1) is 0 Å². The molecule has 0 fully saturated rings. The second-order valence-electron chi connectivity index (χ2n) is 1.33. The van der Waals surface area contributed by atoms with E-state index in [1.54, 1.807) is 0 Å². The van der Waals surface area contributed by atoms with Gasteiger partial charge in [0.25, 0.3) is 0 Å². The molecular formula is C4H13O6P2+. The molecule has 8 heteroatoms. The largest absolute Gasteiger partial charge is 0.692 e. The van der Waals surface area contributed by atoms with Crippen LogP contribution in [0.25, 0.3) is 0 Å². The lowest BCUT2D eigenvalue weighted by molar-refractivity contribution is 0.216. The topological polar surface area (TPSA) is 96.2 Å². The maximum atomic E-state index is 8.70. The molecule has 0 radical (unpaired) electrons. The molecule has 3 N–H and O–H groups in total. The quantitative estimate of drug-likeness (QED) is 0.608. The van der Waals surface area contributed by atoms with Gasteiger partial charge in [0.2, 0.25) is 0 Å². The van der Waals surface area contributed by atoms with Gasteiger partial charge >= 0.3 is 16.9 Å². The minimum absolute atomic E-state index is 0.502. The van der Waals surface area contributed by atoms with Crippen molar-refractivity contribution in [2.45, 2.75) is 13.8 Å². The third-order valence-electron chi connectivity index (χ3n) is 0.479. The average molecular weight is 219 g/mol. The Bertz CT molecular complexity index is 99.7. The van der Waals surface area contributed by atoms with Crippen LogP contribution in [-0.4, -0.2) is 27.9 Å². The fourth-order valence-corrected chi connectivity index (χ4v) is 0.774. The Hall–Kier alpha value is 0.330. The molecule has 0 aliphatic carbocycles. The van der Waals surface area contributed by atoms with Crippen molar-refractivity contribution in [2.24, 2.45) is 0 Å². The highest BCUT2D eigenvalue weighted by atomic mass is 31.2. The number of rotatable bonds is 4. The van der Waals surface area contributed by atoms with E-state index in [1.165, 1.54) is 0 Å². The van der Waals surface area contributed by atoms with E-state index in [-0.39, 0.29) is 0 Å². The molecule has 0 spiro atoms. The number of hydrogen-bond acceptors (Lipinski definition) is 4. The van der Waals surface area contributed by atoms with Gasteiger partial charge in [-0.05, 0) is 13.8 Å². The van der Waals surface area contributed by atoms with Crippen LogP contribution < -0.4 is 0 Å². The minimum Gasteiger partial charge on any atom is -0.328 e. The normalized spacial score (nSPS) is 9.17. The van der Waals surface area contributed by atoms with Gasteiger partial charge in [0, 0.05) is 4.57 Å². The first-order chi connectivity index (χ1) is 5.54. The smallest absolute Gasteiger partial charge is 0.328 e. The Balaban J connectivity index is 0. The Kier molecular flexibility index (Phi) is 14.0. The molecule has 0 aliphatic rings. The molecule has 74 valence electrons. The van der Waals surface area contributed by atoms with Gasteiger partial charge in [0.15, 0.2) is 0 Å². The van der Waals surface area contributed by atoms with E-state index in [0.717, 1.165) is 0 Å². The first kappa shape index (κ1) is 14.8. The standard InChI is InChI=1S/C4H11O3P.HO3P/c1-3-6-8(5)7-4-2;1-4(2)3/h5H,3-4H2,1-2H3;(H-,1,2,3)/p+1. The van der Waals surface area contributed by atoms with Gasteiger partial charge in [-0.1, -0.05) is 0 Å². The van der Waals surface area contributed by atoms with Crippen molar-refractivity contribution in [3.05, 3.63) is 0 Å². The predicted molar refractivity (Wildman–Crippen MR) is 44.4 cm³/mol. The zero-order valence-corrected chi connectivity index (χ0v) is 8.66. The predicted octanol–water partition coefficient (Wildman–Crippen LogP) is 0.907. The fraction of sp³-hybridized carbons (Fsp3) is 1.00. The Morgan fingerprint density at radius 3 is 1.67 bits per heavy atom. The van der Waals surface area contributed by atoms with Gasteiger partial charge in [-0.2, -0.15) is 0 Å². The summed E-state index contributed by atoms with van der Waals surface area (Å²) < 4.78 is 18.1. The van der Waals surface area contributed by atoms with E-state index in [1.807, 2.05) is 13.8 Å². The van der Waals surface area contributed by atoms with Gasteiger partial charge < -0.3 is 13.9 Å². The fourth-order valence-electron chi connectivity index (χ4n) is 0.258. The first-order valence-electron chi connectivity index (χ1n) is 3.14. The summed E-state index contributed by atoms with van der Waals surface area (Å²) in [7, 11) is -4.45. The summed E-state index contributed by atoms with van der Waals surface area (Å²) in [5.41, 5.74) is 0. The van der Waals surface area contributed by atoms with Crippen molar-refractivity contribution < 1.29 is 28.3 Å². The van der Waals surface area contributed by atoms with Crippen LogP contribution in [0.5, 0.6) is 0 Å². The second kappa shape index (κ2) is 11.3. The first-order valence-corrected chi connectivity index (χ1v) is 5.43. The SMILES string of the molecule is CCOP(O)OCC.O=[P+](O)O. The molecule has 0 aromatic carbocycles. The molecule has 0 aromatic rings. The van der Waals surface area contributed by atoms with Crippen molar-refractivity contribution in [1.29, 1.82) is 0 Å². The lowest BCUT2D eigenvalue weighted by atomic mass is 10.9. The summed E-state index contributed by atoms with van der Waals surface area (Å²) in [5, 5.41) is 0. The van der Waals surface area contributed by atoms with Gasteiger partial charge in [-0.25, -0.2) is 0 Å². The van der Waals surface area contributed by atoms with Gasteiger partial charge in [0.1, 0.15) is 0 Å². The highest BCUT2D eigenvalue weighted by Crippen LogP contribution is 2.31. The average Bonchev–Trinajstić information content (AvgIpc) is 1.87. The van der Waals surface area contributed by atoms with Crippen LogP contribution in [0.2, 0.25) is 0 Å². The Morgan fingerprint density at radius 1 is 1.25 bits per heavy atom. The minimum atomic E-state index is -2.87. The van der Waals surface area contributed by atoms with E-state index in [9.17, 15) is 0 Å². The Morgan fingerprint density at radius 2 is 1.50 bits per heavy atom. The summed E-state index contributed by atoms with van der Waals surface area (Å²) in [4.78, 5) is 22.9. The van der Waals surface area contributed by atoms with Crippen molar-refractivity contribution in [3.8, 4) is 0 Å². The van der Waals surface area contributed by atoms with Crippen molar-refractivity contribution >= 4 is 16.9 Å². The monoisotopic (exact) mass is 219 g/mol. The second-order valence-corrected chi connectivity index (χ2v) is 2.82. The molecule has 0 amide bonds. The molecule has 0 atom stereocenters. The molecule has 0 heterocycles. The van der Waals surface area contributed by atoms with Gasteiger partial charge in [-0.15, -0.1) is 9.79 Å². The summed E-state index contributed by atoms with van der Waals surface area (Å²) in [6.07, 6.45) is 0. The van der Waals surface area contributed by atoms with Crippen molar-refractivity contribution in [3.63, 3.8) is 0 Å². The summed E-state index contributed by atoms with van der Waals surface area (Å²) in [6, 6.07) is 0. The zero-order chi connectivity index (χ0) is 9.98. The molecule has 0 saturated carbocycles. The molecule has 0 aliphatic heterocycles. The highest BCUT2D eigenvalue weighted by Gasteiger charge is 2.00. The molecule has 12 heavy (non-hydrogen) atoms. The zero-order valence-electron chi connectivity index (χ0n) is 6.88. The van der Waals surface area contributed by atoms with Crippen LogP contribution >= 0.6 is 16.9 Å². The molecule has 6 nitrogen and oxygen atoms in total. The third kappa shape index (κ3) is 22.4. The summed E-state index contributed by atoms with van der Waals surface area (Å²) >= 11 is 0. The maximum absolute atomic E-state index is 8.70. The summed E-state index contributed by atoms with van der Waals surface area (Å²) in [5.74, 6) is 0. The third-order valence-corrected chi connectivity index (χ3v) is 1.44. The van der Waals surface area contributed by atoms with E-state index in [0.29, 0.717) is 13.2 Å². The van der Waals surface area contributed by atoms with E-state index in [4.69, 9.17) is 19.2 Å². The van der Waals surface area contributed by atoms with E-state index in [2.05, 4.69) is 9.05 Å². The van der Waals surface area contributed by atoms with Crippen LogP contribution in [0.4, 0.5) is 0 Å². The molecule has 0 saturated heterocycles.